The summed E-state index contributed by atoms with van der Waals surface area (Å²) < 4.78 is 1.39. The topological polar surface area (TPSA) is 101 Å². The van der Waals surface area contributed by atoms with Crippen LogP contribution in [-0.2, 0) is 4.79 Å². The second kappa shape index (κ2) is 6.12. The fourth-order valence-electron chi connectivity index (χ4n) is 1.90. The van der Waals surface area contributed by atoms with Gasteiger partial charge in [-0.2, -0.15) is 4.68 Å². The van der Waals surface area contributed by atoms with Gasteiger partial charge in [0.25, 0.3) is 5.91 Å². The third-order valence-electron chi connectivity index (χ3n) is 3.05. The predicted octanol–water partition coefficient (Wildman–Crippen LogP) is 0.455. The molecule has 0 spiro atoms. The van der Waals surface area contributed by atoms with E-state index in [9.17, 15) is 9.59 Å². The average Bonchev–Trinajstić information content (AvgIpc) is 3.00. The van der Waals surface area contributed by atoms with Crippen LogP contribution in [0.1, 0.15) is 17.3 Å². The number of tetrazole rings is 1. The van der Waals surface area contributed by atoms with Gasteiger partial charge in [0.15, 0.2) is 0 Å². The molecule has 8 heteroatoms. The maximum absolute atomic E-state index is 12.5. The second-order valence-electron chi connectivity index (χ2n) is 4.70. The monoisotopic (exact) mass is 289 g/mol. The molecule has 21 heavy (non-hydrogen) atoms. The lowest BCUT2D eigenvalue weighted by Crippen LogP contribution is -2.34. The second-order valence-corrected chi connectivity index (χ2v) is 4.70. The Morgan fingerprint density at radius 2 is 2.10 bits per heavy atom. The Morgan fingerprint density at radius 1 is 1.38 bits per heavy atom. The summed E-state index contributed by atoms with van der Waals surface area (Å²) in [6.45, 7) is 1.68. The van der Waals surface area contributed by atoms with Crippen molar-refractivity contribution in [2.75, 3.05) is 13.6 Å². The van der Waals surface area contributed by atoms with Crippen molar-refractivity contribution >= 4 is 11.9 Å². The van der Waals surface area contributed by atoms with Crippen LogP contribution in [0.15, 0.2) is 30.6 Å². The highest BCUT2D eigenvalue weighted by molar-refractivity contribution is 5.97. The lowest BCUT2D eigenvalue weighted by atomic mass is 10.1. The van der Waals surface area contributed by atoms with Crippen molar-refractivity contribution in [3.63, 3.8) is 0 Å². The Hall–Kier alpha value is -2.77. The van der Waals surface area contributed by atoms with E-state index in [2.05, 4.69) is 15.5 Å². The number of amides is 1. The summed E-state index contributed by atoms with van der Waals surface area (Å²) in [6, 6.07) is 6.88. The molecule has 1 aromatic heterocycles. The average molecular weight is 289 g/mol. The van der Waals surface area contributed by atoms with Gasteiger partial charge < -0.3 is 10.0 Å². The van der Waals surface area contributed by atoms with Gasteiger partial charge in [0, 0.05) is 13.6 Å². The highest BCUT2D eigenvalue weighted by Gasteiger charge is 2.21. The first-order valence-corrected chi connectivity index (χ1v) is 6.31. The molecule has 0 radical (unpaired) electrons. The number of hydrogen-bond donors (Lipinski definition) is 1. The number of rotatable bonds is 5. The molecule has 0 aliphatic rings. The third-order valence-corrected chi connectivity index (χ3v) is 3.05. The molecule has 1 N–H and O–H groups in total. The van der Waals surface area contributed by atoms with Crippen molar-refractivity contribution in [2.24, 2.45) is 5.92 Å². The number of para-hydroxylation sites is 1. The van der Waals surface area contributed by atoms with E-state index in [0.29, 0.717) is 11.3 Å². The Kier molecular flexibility index (Phi) is 4.27. The third kappa shape index (κ3) is 3.22. The standard InChI is InChI=1S/C13H15N5O3/c1-9(13(20)21)7-17(2)12(19)10-5-3-4-6-11(10)18-8-14-15-16-18/h3-6,8-9H,7H2,1-2H3,(H,20,21). The fourth-order valence-corrected chi connectivity index (χ4v) is 1.90. The molecular weight excluding hydrogens is 274 g/mol. The van der Waals surface area contributed by atoms with Crippen molar-refractivity contribution in [1.29, 1.82) is 0 Å². The van der Waals surface area contributed by atoms with Gasteiger partial charge in [-0.05, 0) is 22.6 Å². The molecule has 2 aromatic rings. The summed E-state index contributed by atoms with van der Waals surface area (Å²) in [5.74, 6) is -1.86. The maximum Gasteiger partial charge on any atom is 0.308 e. The van der Waals surface area contributed by atoms with Gasteiger partial charge in [0.2, 0.25) is 0 Å². The van der Waals surface area contributed by atoms with Crippen LogP contribution in [-0.4, -0.2) is 55.7 Å². The summed E-state index contributed by atoms with van der Waals surface area (Å²) in [4.78, 5) is 24.7. The largest absolute Gasteiger partial charge is 0.481 e. The minimum atomic E-state index is -0.941. The zero-order chi connectivity index (χ0) is 15.4. The van der Waals surface area contributed by atoms with Crippen LogP contribution in [0, 0.1) is 5.92 Å². The molecule has 0 saturated heterocycles. The maximum atomic E-state index is 12.5. The Morgan fingerprint density at radius 3 is 2.71 bits per heavy atom. The molecule has 1 unspecified atom stereocenters. The quantitative estimate of drug-likeness (QED) is 0.857. The van der Waals surface area contributed by atoms with Crippen molar-refractivity contribution < 1.29 is 14.7 Å². The van der Waals surface area contributed by atoms with Crippen molar-refractivity contribution in [2.45, 2.75) is 6.92 Å². The molecule has 2 rings (SSSR count). The molecule has 0 aliphatic heterocycles. The Bertz CT molecular complexity index is 641. The first kappa shape index (κ1) is 14.6. The number of carboxylic acids is 1. The van der Waals surface area contributed by atoms with Crippen LogP contribution in [0.4, 0.5) is 0 Å². The number of hydrogen-bond acceptors (Lipinski definition) is 5. The molecule has 110 valence electrons. The van der Waals surface area contributed by atoms with E-state index in [1.807, 2.05) is 0 Å². The highest BCUT2D eigenvalue weighted by atomic mass is 16.4. The zero-order valence-electron chi connectivity index (χ0n) is 11.7. The van der Waals surface area contributed by atoms with E-state index in [1.165, 1.54) is 15.9 Å². The van der Waals surface area contributed by atoms with Crippen molar-refractivity contribution in [1.82, 2.24) is 25.1 Å². The highest BCUT2D eigenvalue weighted by Crippen LogP contribution is 2.15. The van der Waals surface area contributed by atoms with E-state index in [4.69, 9.17) is 5.11 Å². The van der Waals surface area contributed by atoms with E-state index in [0.717, 1.165) is 0 Å². The van der Waals surface area contributed by atoms with Crippen LogP contribution in [0.2, 0.25) is 0 Å². The van der Waals surface area contributed by atoms with Gasteiger partial charge >= 0.3 is 5.97 Å². The molecule has 1 aromatic carbocycles. The summed E-state index contributed by atoms with van der Waals surface area (Å²) >= 11 is 0. The molecule has 1 atom stereocenters. The number of nitrogens with zero attached hydrogens (tertiary/aromatic N) is 5. The molecule has 1 amide bonds. The van der Waals surface area contributed by atoms with E-state index in [1.54, 1.807) is 38.2 Å². The van der Waals surface area contributed by atoms with Crippen LogP contribution >= 0.6 is 0 Å². The predicted molar refractivity (Wildman–Crippen MR) is 72.9 cm³/mol. The van der Waals surface area contributed by atoms with E-state index >= 15 is 0 Å². The van der Waals surface area contributed by atoms with Gasteiger partial charge in [0.1, 0.15) is 6.33 Å². The normalized spacial score (nSPS) is 11.9. The van der Waals surface area contributed by atoms with Gasteiger partial charge in [-0.3, -0.25) is 9.59 Å². The SMILES string of the molecule is CC(CN(C)C(=O)c1ccccc1-n1cnnn1)C(=O)O. The molecule has 0 fully saturated rings. The first-order chi connectivity index (χ1) is 10.0. The van der Waals surface area contributed by atoms with Gasteiger partial charge in [-0.15, -0.1) is 5.10 Å². The summed E-state index contributed by atoms with van der Waals surface area (Å²) in [5, 5.41) is 19.8. The van der Waals surface area contributed by atoms with Crippen LogP contribution in [0.5, 0.6) is 0 Å². The summed E-state index contributed by atoms with van der Waals surface area (Å²) in [7, 11) is 1.57. The molecule has 8 nitrogen and oxygen atoms in total. The van der Waals surface area contributed by atoms with Crippen molar-refractivity contribution in [3.05, 3.63) is 36.2 Å². The fraction of sp³-hybridized carbons (Fsp3) is 0.308. The molecule has 1 heterocycles. The Labute approximate surface area is 121 Å². The molecular formula is C13H15N5O3. The zero-order valence-corrected chi connectivity index (χ0v) is 11.7. The van der Waals surface area contributed by atoms with E-state index in [-0.39, 0.29) is 12.5 Å². The lowest BCUT2D eigenvalue weighted by Gasteiger charge is -2.20. The van der Waals surface area contributed by atoms with Crippen LogP contribution in [0.3, 0.4) is 0 Å². The Balaban J connectivity index is 2.26. The number of carbonyl (C=O) groups is 2. The molecule has 0 saturated carbocycles. The summed E-state index contributed by atoms with van der Waals surface area (Å²) in [6.07, 6.45) is 1.39. The van der Waals surface area contributed by atoms with Gasteiger partial charge in [-0.1, -0.05) is 19.1 Å². The van der Waals surface area contributed by atoms with Crippen molar-refractivity contribution in [3.8, 4) is 5.69 Å². The van der Waals surface area contributed by atoms with Gasteiger partial charge in [0.05, 0.1) is 17.2 Å². The van der Waals surface area contributed by atoms with E-state index < -0.39 is 11.9 Å². The number of benzene rings is 1. The number of aliphatic carboxylic acids is 1. The summed E-state index contributed by atoms with van der Waals surface area (Å²) in [5.41, 5.74) is 0.951. The molecule has 0 aliphatic carbocycles. The number of carboxylic acid groups (broad SMARTS) is 1. The van der Waals surface area contributed by atoms with Crippen LogP contribution in [0.25, 0.3) is 5.69 Å². The number of carbonyl (C=O) groups excluding carboxylic acids is 1. The smallest absolute Gasteiger partial charge is 0.308 e. The first-order valence-electron chi connectivity index (χ1n) is 6.31. The minimum Gasteiger partial charge on any atom is -0.481 e. The minimum absolute atomic E-state index is 0.123. The van der Waals surface area contributed by atoms with Crippen LogP contribution < -0.4 is 0 Å². The lowest BCUT2D eigenvalue weighted by molar-refractivity contribution is -0.141. The van der Waals surface area contributed by atoms with Gasteiger partial charge in [-0.25, -0.2) is 0 Å². The number of aromatic nitrogens is 4. The molecule has 0 bridgehead atoms.